The summed E-state index contributed by atoms with van der Waals surface area (Å²) in [7, 11) is -3.59. The second-order valence-electron chi connectivity index (χ2n) is 4.66. The molecule has 0 bridgehead atoms. The summed E-state index contributed by atoms with van der Waals surface area (Å²) < 4.78 is 34.8. The quantitative estimate of drug-likeness (QED) is 0.746. The summed E-state index contributed by atoms with van der Waals surface area (Å²) in [5.41, 5.74) is 0.871. The molecule has 1 aliphatic heterocycles. The maximum Gasteiger partial charge on any atom is 0.264 e. The average Bonchev–Trinajstić information content (AvgIpc) is 2.42. The fourth-order valence-electron chi connectivity index (χ4n) is 2.25. The zero-order valence-electron chi connectivity index (χ0n) is 10.9. The van der Waals surface area contributed by atoms with Crippen LogP contribution in [-0.4, -0.2) is 37.4 Å². The number of pyridine rings is 2. The van der Waals surface area contributed by atoms with E-state index in [1.54, 1.807) is 12.3 Å². The van der Waals surface area contributed by atoms with Crippen molar-refractivity contribution < 1.29 is 17.3 Å². The van der Waals surface area contributed by atoms with Crippen LogP contribution in [0.25, 0.3) is 11.0 Å². The first-order valence-electron chi connectivity index (χ1n) is 6.04. The van der Waals surface area contributed by atoms with Gasteiger partial charge in [-0.1, -0.05) is 0 Å². The Balaban J connectivity index is 2.16. The Morgan fingerprint density at radius 1 is 1.52 bits per heavy atom. The van der Waals surface area contributed by atoms with Crippen molar-refractivity contribution in [2.24, 2.45) is 0 Å². The first-order chi connectivity index (χ1) is 9.87. The summed E-state index contributed by atoms with van der Waals surface area (Å²) in [6.45, 7) is -0.0199. The number of nitrogens with zero attached hydrogens (tertiary/aromatic N) is 2. The number of hydrogen-bond acceptors (Lipinski definition) is 6. The monoisotopic (exact) mass is 374 g/mol. The largest absolute Gasteiger partial charge is 0.488 e. The second-order valence-corrected chi connectivity index (χ2v) is 7.16. The lowest BCUT2D eigenvalue weighted by Crippen LogP contribution is -2.35. The van der Waals surface area contributed by atoms with Gasteiger partial charge in [0.05, 0.1) is 28.9 Å². The molecule has 9 heteroatoms. The van der Waals surface area contributed by atoms with Crippen LogP contribution < -0.4 is 10.3 Å². The van der Waals surface area contributed by atoms with Crippen LogP contribution in [0.3, 0.4) is 0 Å². The highest BCUT2D eigenvalue weighted by atomic mass is 79.9. The van der Waals surface area contributed by atoms with E-state index in [0.717, 1.165) is 6.26 Å². The van der Waals surface area contributed by atoms with Crippen molar-refractivity contribution in [1.82, 2.24) is 9.55 Å². The van der Waals surface area contributed by atoms with Crippen molar-refractivity contribution in [2.75, 3.05) is 19.5 Å². The van der Waals surface area contributed by atoms with Crippen molar-refractivity contribution in [2.45, 2.75) is 6.04 Å². The highest BCUT2D eigenvalue weighted by molar-refractivity contribution is 9.10. The standard InChI is InChI=1S/C12H11BrN2O5S/c1-21(17,18)20-6-7-5-19-12-8(13)4-14-9-2-3-10(16)15(7)11(9)12/h2-4,7H,5-6H2,1H3/t7-/m0/s1. The molecule has 112 valence electrons. The van der Waals surface area contributed by atoms with E-state index in [9.17, 15) is 13.2 Å². The molecule has 2 aromatic rings. The fourth-order valence-corrected chi connectivity index (χ4v) is 3.06. The highest BCUT2D eigenvalue weighted by Gasteiger charge is 2.26. The lowest BCUT2D eigenvalue weighted by Gasteiger charge is -2.27. The van der Waals surface area contributed by atoms with Gasteiger partial charge in [-0.3, -0.25) is 18.5 Å². The summed E-state index contributed by atoms with van der Waals surface area (Å²) in [5, 5.41) is 0. The molecule has 2 aromatic heterocycles. The molecule has 3 heterocycles. The minimum atomic E-state index is -3.59. The van der Waals surface area contributed by atoms with Crippen LogP contribution in [0.15, 0.2) is 27.6 Å². The van der Waals surface area contributed by atoms with Crippen LogP contribution in [0.1, 0.15) is 6.04 Å². The third-order valence-corrected chi connectivity index (χ3v) is 4.24. The highest BCUT2D eigenvalue weighted by Crippen LogP contribution is 2.36. The molecule has 0 unspecified atom stereocenters. The van der Waals surface area contributed by atoms with Gasteiger partial charge >= 0.3 is 0 Å². The Hall–Kier alpha value is -1.45. The van der Waals surface area contributed by atoms with Gasteiger partial charge in [0.25, 0.3) is 15.7 Å². The summed E-state index contributed by atoms with van der Waals surface area (Å²) in [6, 6.07) is 2.47. The van der Waals surface area contributed by atoms with Gasteiger partial charge in [0.15, 0.2) is 5.75 Å². The number of aromatic nitrogens is 2. The average molecular weight is 375 g/mol. The maximum atomic E-state index is 12.2. The molecule has 7 nitrogen and oxygen atoms in total. The maximum absolute atomic E-state index is 12.2. The molecule has 0 aromatic carbocycles. The van der Waals surface area contributed by atoms with Crippen LogP contribution in [0.5, 0.6) is 5.75 Å². The normalized spacial score (nSPS) is 17.7. The minimum absolute atomic E-state index is 0.143. The van der Waals surface area contributed by atoms with Gasteiger partial charge in [-0.25, -0.2) is 0 Å². The van der Waals surface area contributed by atoms with Crippen molar-refractivity contribution in [3.63, 3.8) is 0 Å². The van der Waals surface area contributed by atoms with Gasteiger partial charge in [-0.15, -0.1) is 0 Å². The summed E-state index contributed by atoms with van der Waals surface area (Å²) >= 11 is 3.33. The molecule has 0 fully saturated rings. The molecule has 3 rings (SSSR count). The van der Waals surface area contributed by atoms with Crippen LogP contribution in [0.2, 0.25) is 0 Å². The van der Waals surface area contributed by atoms with Gasteiger partial charge in [0.1, 0.15) is 12.1 Å². The third-order valence-electron chi connectivity index (χ3n) is 3.11. The molecule has 1 atom stereocenters. The van der Waals surface area contributed by atoms with Crippen molar-refractivity contribution in [1.29, 1.82) is 0 Å². The van der Waals surface area contributed by atoms with Gasteiger partial charge in [0.2, 0.25) is 0 Å². The number of halogens is 1. The number of ether oxygens (including phenoxy) is 1. The molecule has 1 aliphatic rings. The fraction of sp³-hybridized carbons (Fsp3) is 0.333. The van der Waals surface area contributed by atoms with Gasteiger partial charge in [-0.2, -0.15) is 8.42 Å². The second kappa shape index (κ2) is 5.08. The molecule has 0 aliphatic carbocycles. The van der Waals surface area contributed by atoms with Crippen LogP contribution in [0, 0.1) is 0 Å². The van der Waals surface area contributed by atoms with Gasteiger partial charge in [-0.05, 0) is 22.0 Å². The van der Waals surface area contributed by atoms with Crippen LogP contribution in [0.4, 0.5) is 0 Å². The van der Waals surface area contributed by atoms with Crippen molar-refractivity contribution >= 4 is 37.1 Å². The third kappa shape index (κ3) is 2.68. The van der Waals surface area contributed by atoms with E-state index in [1.165, 1.54) is 10.6 Å². The summed E-state index contributed by atoms with van der Waals surface area (Å²) in [5.74, 6) is 0.522. The topological polar surface area (TPSA) is 87.5 Å². The predicted octanol–water partition coefficient (Wildman–Crippen LogP) is 1.07. The Morgan fingerprint density at radius 3 is 3.00 bits per heavy atom. The molecule has 0 N–H and O–H groups in total. The SMILES string of the molecule is CS(=O)(=O)OC[C@@H]1COc2c(Br)cnc3ccc(=O)n1c23. The first kappa shape index (κ1) is 14.5. The zero-order chi connectivity index (χ0) is 15.2. The van der Waals surface area contributed by atoms with E-state index in [4.69, 9.17) is 8.92 Å². The summed E-state index contributed by atoms with van der Waals surface area (Å²) in [6.07, 6.45) is 2.56. The minimum Gasteiger partial charge on any atom is -0.488 e. The zero-order valence-corrected chi connectivity index (χ0v) is 13.3. The van der Waals surface area contributed by atoms with Crippen LogP contribution >= 0.6 is 15.9 Å². The molecule has 0 saturated carbocycles. The smallest absolute Gasteiger partial charge is 0.264 e. The van der Waals surface area contributed by atoms with Crippen LogP contribution in [-0.2, 0) is 14.3 Å². The van der Waals surface area contributed by atoms with Crippen molar-refractivity contribution in [3.05, 3.63) is 33.2 Å². The molecule has 0 saturated heterocycles. The molecular weight excluding hydrogens is 364 g/mol. The van der Waals surface area contributed by atoms with Gasteiger partial charge in [0, 0.05) is 12.3 Å². The molecule has 0 amide bonds. The van der Waals surface area contributed by atoms with E-state index in [-0.39, 0.29) is 18.8 Å². The first-order valence-corrected chi connectivity index (χ1v) is 8.65. The van der Waals surface area contributed by atoms with E-state index in [0.29, 0.717) is 21.3 Å². The number of rotatable bonds is 3. The predicted molar refractivity (Wildman–Crippen MR) is 79.0 cm³/mol. The van der Waals surface area contributed by atoms with Gasteiger partial charge < -0.3 is 4.74 Å². The van der Waals surface area contributed by atoms with E-state index >= 15 is 0 Å². The van der Waals surface area contributed by atoms with Crippen molar-refractivity contribution in [3.8, 4) is 5.75 Å². The molecular formula is C12H11BrN2O5S. The molecule has 0 spiro atoms. The number of hydrogen-bond donors (Lipinski definition) is 0. The van der Waals surface area contributed by atoms with E-state index in [1.807, 2.05) is 0 Å². The lowest BCUT2D eigenvalue weighted by atomic mass is 10.2. The Labute approximate surface area is 128 Å². The van der Waals surface area contributed by atoms with E-state index < -0.39 is 16.2 Å². The molecule has 21 heavy (non-hydrogen) atoms. The Morgan fingerprint density at radius 2 is 2.29 bits per heavy atom. The Kier molecular flexibility index (Phi) is 3.50. The lowest BCUT2D eigenvalue weighted by molar-refractivity contribution is 0.172. The molecule has 0 radical (unpaired) electrons. The van der Waals surface area contributed by atoms with E-state index in [2.05, 4.69) is 20.9 Å². The summed E-state index contributed by atoms with van der Waals surface area (Å²) in [4.78, 5) is 16.4. The Bertz CT molecular complexity index is 877.